The van der Waals surface area contributed by atoms with Gasteiger partial charge in [0.2, 0.25) is 0 Å². The van der Waals surface area contributed by atoms with Gasteiger partial charge in [0.05, 0.1) is 0 Å². The van der Waals surface area contributed by atoms with Crippen molar-refractivity contribution in [2.75, 3.05) is 0 Å². The van der Waals surface area contributed by atoms with Crippen LogP contribution in [0.4, 0.5) is 0 Å². The number of hydrogen-bond acceptors (Lipinski definition) is 2. The van der Waals surface area contributed by atoms with Gasteiger partial charge in [-0.05, 0) is 74.1 Å². The Morgan fingerprint density at radius 2 is 0.925 bits per heavy atom. The van der Waals surface area contributed by atoms with E-state index in [1.54, 1.807) is 0 Å². The van der Waals surface area contributed by atoms with Gasteiger partial charge in [-0.25, -0.2) is 0 Å². The van der Waals surface area contributed by atoms with Gasteiger partial charge < -0.3 is 4.42 Å². The van der Waals surface area contributed by atoms with E-state index in [1.807, 2.05) is 17.4 Å². The molecule has 0 N–H and O–H groups in total. The normalized spacial score (nSPS) is 12.0. The van der Waals surface area contributed by atoms with Crippen LogP contribution >= 0.6 is 11.3 Å². The molecule has 0 fully saturated rings. The Hall–Kier alpha value is -4.92. The van der Waals surface area contributed by atoms with Crippen LogP contribution in [0.2, 0.25) is 0 Å². The van der Waals surface area contributed by atoms with Crippen molar-refractivity contribution >= 4 is 75.0 Å². The third-order valence-corrected chi connectivity index (χ3v) is 9.38. The highest BCUT2D eigenvalue weighted by molar-refractivity contribution is 7.25. The summed E-state index contributed by atoms with van der Waals surface area (Å²) in [4.78, 5) is 0. The lowest BCUT2D eigenvalue weighted by atomic mass is 9.86. The van der Waals surface area contributed by atoms with Crippen LogP contribution in [0.5, 0.6) is 0 Å². The predicted octanol–water partition coefficient (Wildman–Crippen LogP) is 11.6. The topological polar surface area (TPSA) is 13.1 Å². The average Bonchev–Trinajstić information content (AvgIpc) is 3.56. The number of para-hydroxylation sites is 1. The molecular formula is C38H22OS. The van der Waals surface area contributed by atoms with Crippen molar-refractivity contribution in [2.45, 2.75) is 0 Å². The summed E-state index contributed by atoms with van der Waals surface area (Å²) >= 11 is 1.86. The van der Waals surface area contributed by atoms with Crippen LogP contribution < -0.4 is 0 Å². The van der Waals surface area contributed by atoms with Gasteiger partial charge in [-0.3, -0.25) is 0 Å². The van der Waals surface area contributed by atoms with E-state index in [0.29, 0.717) is 0 Å². The second kappa shape index (κ2) is 8.29. The molecule has 0 bridgehead atoms. The van der Waals surface area contributed by atoms with E-state index in [-0.39, 0.29) is 0 Å². The van der Waals surface area contributed by atoms with E-state index in [0.717, 1.165) is 11.2 Å². The molecule has 9 aromatic rings. The monoisotopic (exact) mass is 526 g/mol. The van der Waals surface area contributed by atoms with Gasteiger partial charge in [0, 0.05) is 30.9 Å². The van der Waals surface area contributed by atoms with Crippen molar-refractivity contribution in [1.29, 1.82) is 0 Å². The largest absolute Gasteiger partial charge is 0.456 e. The van der Waals surface area contributed by atoms with Gasteiger partial charge in [0.15, 0.2) is 0 Å². The molecule has 0 saturated heterocycles. The molecule has 186 valence electrons. The molecule has 0 amide bonds. The van der Waals surface area contributed by atoms with Gasteiger partial charge in [0.1, 0.15) is 11.2 Å². The number of furan rings is 1. The van der Waals surface area contributed by atoms with E-state index in [9.17, 15) is 0 Å². The molecule has 0 aliphatic heterocycles. The first-order valence-corrected chi connectivity index (χ1v) is 14.4. The molecule has 2 heteroatoms. The molecule has 0 saturated carbocycles. The minimum atomic E-state index is 0.941. The molecule has 0 radical (unpaired) electrons. The van der Waals surface area contributed by atoms with E-state index >= 15 is 0 Å². The summed E-state index contributed by atoms with van der Waals surface area (Å²) in [6, 6.07) is 48.3. The summed E-state index contributed by atoms with van der Waals surface area (Å²) in [6.45, 7) is 0. The lowest BCUT2D eigenvalue weighted by Crippen LogP contribution is -1.90. The van der Waals surface area contributed by atoms with Gasteiger partial charge in [-0.1, -0.05) is 103 Å². The summed E-state index contributed by atoms with van der Waals surface area (Å²) < 4.78 is 8.86. The molecule has 40 heavy (non-hydrogen) atoms. The third-order valence-electron chi connectivity index (χ3n) is 8.25. The lowest BCUT2D eigenvalue weighted by Gasteiger charge is -2.17. The number of thiophene rings is 1. The minimum absolute atomic E-state index is 0.941. The highest BCUT2D eigenvalue weighted by Crippen LogP contribution is 2.46. The van der Waals surface area contributed by atoms with Crippen LogP contribution in [0.3, 0.4) is 0 Å². The molecule has 9 rings (SSSR count). The first-order chi connectivity index (χ1) is 19.8. The maximum atomic E-state index is 6.27. The van der Waals surface area contributed by atoms with E-state index in [2.05, 4.69) is 127 Å². The SMILES string of the molecule is c1ccc(-c2c3ccccc3c(-c3ccc4sc5cc6c(cc5c4c3)oc3ccccc36)c3ccccc23)cc1. The molecule has 0 aliphatic rings. The maximum absolute atomic E-state index is 6.27. The van der Waals surface area contributed by atoms with Crippen molar-refractivity contribution < 1.29 is 4.42 Å². The molecule has 1 nitrogen and oxygen atoms in total. The molecule has 0 unspecified atom stereocenters. The maximum Gasteiger partial charge on any atom is 0.136 e. The van der Waals surface area contributed by atoms with Crippen LogP contribution in [0.25, 0.3) is 85.9 Å². The molecule has 2 heterocycles. The first-order valence-electron chi connectivity index (χ1n) is 13.6. The number of hydrogen-bond donors (Lipinski definition) is 0. The Kier molecular flexibility index (Phi) is 4.55. The highest BCUT2D eigenvalue weighted by atomic mass is 32.1. The molecule has 2 aromatic heterocycles. The van der Waals surface area contributed by atoms with E-state index in [1.165, 1.54) is 74.7 Å². The van der Waals surface area contributed by atoms with E-state index < -0.39 is 0 Å². The summed E-state index contributed by atoms with van der Waals surface area (Å²) in [5.74, 6) is 0. The van der Waals surface area contributed by atoms with Crippen LogP contribution in [-0.2, 0) is 0 Å². The third kappa shape index (κ3) is 3.08. The fourth-order valence-corrected chi connectivity index (χ4v) is 7.61. The Balaban J connectivity index is 1.36. The fraction of sp³-hybridized carbons (Fsp3) is 0. The zero-order valence-electron chi connectivity index (χ0n) is 21.5. The highest BCUT2D eigenvalue weighted by Gasteiger charge is 2.18. The molecule has 0 aliphatic carbocycles. The van der Waals surface area contributed by atoms with Crippen molar-refractivity contribution in [1.82, 2.24) is 0 Å². The summed E-state index contributed by atoms with van der Waals surface area (Å²) in [5.41, 5.74) is 6.96. The average molecular weight is 527 g/mol. The van der Waals surface area contributed by atoms with Crippen molar-refractivity contribution in [3.05, 3.63) is 133 Å². The Bertz CT molecular complexity index is 2370. The van der Waals surface area contributed by atoms with Gasteiger partial charge >= 0.3 is 0 Å². The number of rotatable bonds is 2. The number of fused-ring (bicyclic) bond motifs is 8. The van der Waals surface area contributed by atoms with Crippen molar-refractivity contribution in [3.63, 3.8) is 0 Å². The van der Waals surface area contributed by atoms with E-state index in [4.69, 9.17) is 4.42 Å². The second-order valence-corrected chi connectivity index (χ2v) is 11.5. The van der Waals surface area contributed by atoms with Crippen LogP contribution in [0.1, 0.15) is 0 Å². The summed E-state index contributed by atoms with van der Waals surface area (Å²) in [6.07, 6.45) is 0. The minimum Gasteiger partial charge on any atom is -0.456 e. The molecule has 0 spiro atoms. The second-order valence-electron chi connectivity index (χ2n) is 10.5. The zero-order valence-corrected chi connectivity index (χ0v) is 22.3. The summed E-state index contributed by atoms with van der Waals surface area (Å²) in [5, 5.41) is 10.0. The Morgan fingerprint density at radius 3 is 1.62 bits per heavy atom. The van der Waals surface area contributed by atoms with Gasteiger partial charge in [-0.2, -0.15) is 0 Å². The quantitative estimate of drug-likeness (QED) is 0.204. The first kappa shape index (κ1) is 22.0. The Labute approximate surface area is 234 Å². The van der Waals surface area contributed by atoms with Gasteiger partial charge in [-0.15, -0.1) is 11.3 Å². The lowest BCUT2D eigenvalue weighted by molar-refractivity contribution is 0.669. The van der Waals surface area contributed by atoms with Crippen LogP contribution in [0.15, 0.2) is 138 Å². The van der Waals surface area contributed by atoms with Crippen molar-refractivity contribution in [2.24, 2.45) is 0 Å². The smallest absolute Gasteiger partial charge is 0.136 e. The number of benzene rings is 7. The summed E-state index contributed by atoms with van der Waals surface area (Å²) in [7, 11) is 0. The van der Waals surface area contributed by atoms with Crippen LogP contribution in [0, 0.1) is 0 Å². The van der Waals surface area contributed by atoms with Gasteiger partial charge in [0.25, 0.3) is 0 Å². The molecule has 0 atom stereocenters. The molecule has 7 aromatic carbocycles. The Morgan fingerprint density at radius 1 is 0.350 bits per heavy atom. The predicted molar refractivity (Wildman–Crippen MR) is 172 cm³/mol. The van der Waals surface area contributed by atoms with Crippen molar-refractivity contribution in [3.8, 4) is 22.3 Å². The fourth-order valence-electron chi connectivity index (χ4n) is 6.51. The zero-order chi connectivity index (χ0) is 26.2. The van der Waals surface area contributed by atoms with Crippen LogP contribution in [-0.4, -0.2) is 0 Å². The standard InChI is InChI=1S/C38H22OS/c1-2-10-23(11-3-1)37-26-13-4-6-15-28(26)38(29-16-7-5-14-27(29)37)24-18-19-35-31(20-24)32-21-34-30(22-36(32)40-35)25-12-8-9-17-33(25)39-34/h1-22H. The molecular weight excluding hydrogens is 504 g/mol.